The summed E-state index contributed by atoms with van der Waals surface area (Å²) in [5.74, 6) is 0.558. The fourth-order valence-electron chi connectivity index (χ4n) is 2.70. The maximum absolute atomic E-state index is 12.2. The highest BCUT2D eigenvalue weighted by atomic mass is 79.9. The third kappa shape index (κ3) is 3.72. The van der Waals surface area contributed by atoms with Crippen LogP contribution in [0.2, 0.25) is 0 Å². The SMILES string of the molecule is O=C(CCC1=NS(=O)(=O)c2cc(Br)cnc2N1)N1CCCCC1. The average molecular weight is 401 g/mol. The van der Waals surface area contributed by atoms with E-state index in [1.165, 1.54) is 12.3 Å². The van der Waals surface area contributed by atoms with Gasteiger partial charge in [0.05, 0.1) is 0 Å². The number of piperidine rings is 1. The number of amides is 1. The number of carbonyl (C=O) groups excluding carboxylic acids is 1. The molecule has 1 amide bonds. The topological polar surface area (TPSA) is 91.7 Å². The van der Waals surface area contributed by atoms with Gasteiger partial charge in [0.15, 0.2) is 5.82 Å². The zero-order valence-electron chi connectivity index (χ0n) is 12.5. The Morgan fingerprint density at radius 2 is 2.04 bits per heavy atom. The molecular weight excluding hydrogens is 384 g/mol. The molecule has 23 heavy (non-hydrogen) atoms. The van der Waals surface area contributed by atoms with E-state index in [2.05, 4.69) is 30.6 Å². The molecule has 2 aliphatic rings. The van der Waals surface area contributed by atoms with Crippen LogP contribution in [0.3, 0.4) is 0 Å². The second-order valence-corrected chi connectivity index (χ2v) is 8.07. The molecule has 0 unspecified atom stereocenters. The lowest BCUT2D eigenvalue weighted by Gasteiger charge is -2.27. The van der Waals surface area contributed by atoms with Crippen LogP contribution in [0.5, 0.6) is 0 Å². The molecule has 1 N–H and O–H groups in total. The smallest absolute Gasteiger partial charge is 0.287 e. The highest BCUT2D eigenvalue weighted by molar-refractivity contribution is 9.10. The first kappa shape index (κ1) is 16.4. The van der Waals surface area contributed by atoms with Crippen molar-refractivity contribution in [2.75, 3.05) is 18.4 Å². The van der Waals surface area contributed by atoms with Crippen molar-refractivity contribution in [3.63, 3.8) is 0 Å². The van der Waals surface area contributed by atoms with Gasteiger partial charge in [-0.2, -0.15) is 8.42 Å². The van der Waals surface area contributed by atoms with Crippen molar-refractivity contribution < 1.29 is 13.2 Å². The Labute approximate surface area is 143 Å². The normalized spacial score (nSPS) is 19.5. The lowest BCUT2D eigenvalue weighted by molar-refractivity contribution is -0.131. The van der Waals surface area contributed by atoms with Crippen molar-refractivity contribution in [2.24, 2.45) is 4.40 Å². The molecule has 0 saturated carbocycles. The molecule has 3 heterocycles. The fraction of sp³-hybridized carbons (Fsp3) is 0.500. The number of hydrogen-bond donors (Lipinski definition) is 1. The van der Waals surface area contributed by atoms with E-state index in [-0.39, 0.29) is 35.3 Å². The van der Waals surface area contributed by atoms with Crippen molar-refractivity contribution in [1.82, 2.24) is 9.88 Å². The zero-order chi connectivity index (χ0) is 16.4. The number of nitrogens with one attached hydrogen (secondary N) is 1. The molecule has 7 nitrogen and oxygen atoms in total. The number of amidine groups is 1. The summed E-state index contributed by atoms with van der Waals surface area (Å²) in [6.45, 7) is 1.57. The number of pyridine rings is 1. The highest BCUT2D eigenvalue weighted by Gasteiger charge is 2.27. The molecule has 2 aliphatic heterocycles. The minimum Gasteiger partial charge on any atom is -0.343 e. The van der Waals surface area contributed by atoms with Crippen molar-refractivity contribution in [2.45, 2.75) is 37.0 Å². The Morgan fingerprint density at radius 1 is 1.30 bits per heavy atom. The van der Waals surface area contributed by atoms with E-state index < -0.39 is 10.0 Å². The number of hydrogen-bond acceptors (Lipinski definition) is 5. The van der Waals surface area contributed by atoms with Crippen molar-refractivity contribution >= 4 is 43.5 Å². The third-order valence-electron chi connectivity index (χ3n) is 3.87. The number of rotatable bonds is 3. The van der Waals surface area contributed by atoms with Gasteiger partial charge in [0.1, 0.15) is 10.7 Å². The van der Waals surface area contributed by atoms with E-state index in [0.717, 1.165) is 32.4 Å². The summed E-state index contributed by atoms with van der Waals surface area (Å²) in [6.07, 6.45) is 5.24. The van der Waals surface area contributed by atoms with Gasteiger partial charge in [-0.3, -0.25) is 4.79 Å². The van der Waals surface area contributed by atoms with Gasteiger partial charge < -0.3 is 10.2 Å². The number of fused-ring (bicyclic) bond motifs is 1. The summed E-state index contributed by atoms with van der Waals surface area (Å²) in [7, 11) is -3.78. The summed E-state index contributed by atoms with van der Waals surface area (Å²) in [5.41, 5.74) is 0. The van der Waals surface area contributed by atoms with Gasteiger partial charge in [0.2, 0.25) is 5.91 Å². The van der Waals surface area contributed by atoms with Crippen LogP contribution in [0.25, 0.3) is 0 Å². The Hall–Kier alpha value is -1.48. The van der Waals surface area contributed by atoms with Crippen molar-refractivity contribution in [3.8, 4) is 0 Å². The fourth-order valence-corrected chi connectivity index (χ4v) is 4.33. The second kappa shape index (κ2) is 6.56. The summed E-state index contributed by atoms with van der Waals surface area (Å²) in [4.78, 5) is 18.1. The molecule has 3 rings (SSSR count). The van der Waals surface area contributed by atoms with Gasteiger partial charge in [-0.1, -0.05) is 0 Å². The number of halogens is 1. The Morgan fingerprint density at radius 3 is 2.78 bits per heavy atom. The molecular formula is C14H17BrN4O3S. The summed E-state index contributed by atoms with van der Waals surface area (Å²) < 4.78 is 28.7. The molecule has 0 atom stereocenters. The third-order valence-corrected chi connectivity index (χ3v) is 5.64. The second-order valence-electron chi connectivity index (χ2n) is 5.58. The quantitative estimate of drug-likeness (QED) is 0.838. The molecule has 0 radical (unpaired) electrons. The van der Waals surface area contributed by atoms with Crippen LogP contribution >= 0.6 is 15.9 Å². The van der Waals surface area contributed by atoms with Gasteiger partial charge in [-0.15, -0.1) is 4.40 Å². The number of likely N-dealkylation sites (tertiary alicyclic amines) is 1. The molecule has 1 fully saturated rings. The van der Waals surface area contributed by atoms with Gasteiger partial charge >= 0.3 is 0 Å². The van der Waals surface area contributed by atoms with E-state index in [4.69, 9.17) is 0 Å². The average Bonchev–Trinajstić information content (AvgIpc) is 2.54. The molecule has 9 heteroatoms. The van der Waals surface area contributed by atoms with Gasteiger partial charge in [0.25, 0.3) is 10.0 Å². The van der Waals surface area contributed by atoms with E-state index in [1.807, 2.05) is 4.90 Å². The first-order chi connectivity index (χ1) is 11.0. The van der Waals surface area contributed by atoms with Crippen LogP contribution in [0.15, 0.2) is 26.0 Å². The highest BCUT2D eigenvalue weighted by Crippen LogP contribution is 2.28. The number of aromatic nitrogens is 1. The molecule has 0 aromatic carbocycles. The lowest BCUT2D eigenvalue weighted by atomic mass is 10.1. The van der Waals surface area contributed by atoms with Crippen LogP contribution < -0.4 is 5.32 Å². The molecule has 0 bridgehead atoms. The molecule has 1 saturated heterocycles. The maximum atomic E-state index is 12.2. The van der Waals surface area contributed by atoms with Crippen LogP contribution in [-0.4, -0.2) is 43.1 Å². The van der Waals surface area contributed by atoms with E-state index in [9.17, 15) is 13.2 Å². The largest absolute Gasteiger partial charge is 0.343 e. The first-order valence-electron chi connectivity index (χ1n) is 7.50. The molecule has 0 aliphatic carbocycles. The van der Waals surface area contributed by atoms with E-state index in [0.29, 0.717) is 4.47 Å². The van der Waals surface area contributed by atoms with Crippen LogP contribution in [0.1, 0.15) is 32.1 Å². The van der Waals surface area contributed by atoms with Gasteiger partial charge in [-0.25, -0.2) is 4.98 Å². The first-order valence-corrected chi connectivity index (χ1v) is 9.73. The predicted octanol–water partition coefficient (Wildman–Crippen LogP) is 2.15. The maximum Gasteiger partial charge on any atom is 0.287 e. The number of anilines is 1. The summed E-state index contributed by atoms with van der Waals surface area (Å²) >= 11 is 3.20. The lowest BCUT2D eigenvalue weighted by Crippen LogP contribution is -2.36. The number of carbonyl (C=O) groups is 1. The van der Waals surface area contributed by atoms with Gasteiger partial charge in [-0.05, 0) is 41.3 Å². The Bertz CT molecular complexity index is 757. The van der Waals surface area contributed by atoms with Crippen LogP contribution in [0, 0.1) is 0 Å². The van der Waals surface area contributed by atoms with E-state index >= 15 is 0 Å². The number of nitrogens with zero attached hydrogens (tertiary/aromatic N) is 3. The molecule has 1 aromatic heterocycles. The molecule has 1 aromatic rings. The molecule has 124 valence electrons. The standard InChI is InChI=1S/C14H17BrN4O3S/c15-10-8-11-14(16-9-10)17-12(18-23(11,21)22)4-5-13(20)19-6-2-1-3-7-19/h8-9H,1-7H2,(H,16,17,18). The molecule has 0 spiro atoms. The Kier molecular flexibility index (Phi) is 4.67. The monoisotopic (exact) mass is 400 g/mol. The number of sulfonamides is 1. The minimum absolute atomic E-state index is 0.0398. The van der Waals surface area contributed by atoms with Crippen LogP contribution in [-0.2, 0) is 14.8 Å². The van der Waals surface area contributed by atoms with Gasteiger partial charge in [0, 0.05) is 36.6 Å². The summed E-state index contributed by atoms with van der Waals surface area (Å²) in [6, 6.07) is 1.46. The Balaban J connectivity index is 1.69. The van der Waals surface area contributed by atoms with Crippen molar-refractivity contribution in [1.29, 1.82) is 0 Å². The van der Waals surface area contributed by atoms with Crippen molar-refractivity contribution in [3.05, 3.63) is 16.7 Å². The van der Waals surface area contributed by atoms with Crippen LogP contribution in [0.4, 0.5) is 5.82 Å². The summed E-state index contributed by atoms with van der Waals surface area (Å²) in [5, 5.41) is 2.91. The minimum atomic E-state index is -3.78. The van der Waals surface area contributed by atoms with E-state index in [1.54, 1.807) is 0 Å². The zero-order valence-corrected chi connectivity index (χ0v) is 14.9. The predicted molar refractivity (Wildman–Crippen MR) is 89.8 cm³/mol.